The van der Waals surface area contributed by atoms with Crippen molar-refractivity contribution >= 4 is 11.6 Å². The van der Waals surface area contributed by atoms with Crippen LogP contribution in [-0.2, 0) is 5.88 Å². The van der Waals surface area contributed by atoms with E-state index in [-0.39, 0.29) is 11.4 Å². The molecule has 0 fully saturated rings. The standard InChI is InChI=1S/C12H8ClF2N/c13-7-9-4-5-16-12(15)11(9)8-2-1-3-10(14)6-8/h1-6H,7H2. The van der Waals surface area contributed by atoms with E-state index in [9.17, 15) is 8.78 Å². The van der Waals surface area contributed by atoms with E-state index < -0.39 is 11.8 Å². The van der Waals surface area contributed by atoms with E-state index in [1.165, 1.54) is 24.4 Å². The predicted molar refractivity (Wildman–Crippen MR) is 59.1 cm³/mol. The van der Waals surface area contributed by atoms with E-state index in [4.69, 9.17) is 11.6 Å². The third-order valence-electron chi connectivity index (χ3n) is 2.25. The second-order valence-corrected chi connectivity index (χ2v) is 3.55. The van der Waals surface area contributed by atoms with Gasteiger partial charge in [0.05, 0.1) is 0 Å². The van der Waals surface area contributed by atoms with Crippen LogP contribution in [0.1, 0.15) is 5.56 Å². The summed E-state index contributed by atoms with van der Waals surface area (Å²) in [5.74, 6) is -0.893. The number of pyridine rings is 1. The van der Waals surface area contributed by atoms with Gasteiger partial charge >= 0.3 is 0 Å². The third kappa shape index (κ3) is 2.04. The van der Waals surface area contributed by atoms with E-state index in [1.807, 2.05) is 0 Å². The molecule has 0 radical (unpaired) electrons. The Balaban J connectivity index is 2.63. The molecule has 1 nitrogen and oxygen atoms in total. The van der Waals surface area contributed by atoms with Gasteiger partial charge in [-0.25, -0.2) is 9.37 Å². The lowest BCUT2D eigenvalue weighted by atomic mass is 10.0. The number of halogens is 3. The molecular formula is C12H8ClF2N. The summed E-state index contributed by atoms with van der Waals surface area (Å²) in [5.41, 5.74) is 1.30. The van der Waals surface area contributed by atoms with E-state index in [0.717, 1.165) is 0 Å². The molecule has 0 atom stereocenters. The van der Waals surface area contributed by atoms with Crippen molar-refractivity contribution in [3.05, 3.63) is 53.9 Å². The second-order valence-electron chi connectivity index (χ2n) is 3.28. The Kier molecular flexibility index (Phi) is 3.15. The molecule has 0 aliphatic rings. The Morgan fingerprint density at radius 1 is 1.19 bits per heavy atom. The lowest BCUT2D eigenvalue weighted by Crippen LogP contribution is -1.94. The molecule has 0 aliphatic carbocycles. The monoisotopic (exact) mass is 239 g/mol. The molecule has 1 heterocycles. The number of nitrogens with zero attached hydrogens (tertiary/aromatic N) is 1. The highest BCUT2D eigenvalue weighted by Gasteiger charge is 2.11. The number of benzene rings is 1. The SMILES string of the molecule is Fc1cccc(-c2c(CCl)ccnc2F)c1. The van der Waals surface area contributed by atoms with Gasteiger partial charge in [0.25, 0.3) is 0 Å². The Hall–Kier alpha value is -1.48. The van der Waals surface area contributed by atoms with Gasteiger partial charge in [-0.05, 0) is 29.3 Å². The van der Waals surface area contributed by atoms with Crippen LogP contribution in [0, 0.1) is 11.8 Å². The van der Waals surface area contributed by atoms with Crippen molar-refractivity contribution in [3.8, 4) is 11.1 Å². The lowest BCUT2D eigenvalue weighted by molar-refractivity contribution is 0.585. The van der Waals surface area contributed by atoms with Crippen LogP contribution in [0.4, 0.5) is 8.78 Å². The summed E-state index contributed by atoms with van der Waals surface area (Å²) < 4.78 is 26.6. The van der Waals surface area contributed by atoms with Crippen LogP contribution in [0.15, 0.2) is 36.5 Å². The number of hydrogen-bond acceptors (Lipinski definition) is 1. The van der Waals surface area contributed by atoms with Gasteiger partial charge in [0.1, 0.15) is 5.82 Å². The summed E-state index contributed by atoms with van der Waals surface area (Å²) in [6, 6.07) is 7.33. The maximum Gasteiger partial charge on any atom is 0.221 e. The minimum atomic E-state index is -0.635. The largest absolute Gasteiger partial charge is 0.228 e. The van der Waals surface area contributed by atoms with Crippen molar-refractivity contribution in [2.75, 3.05) is 0 Å². The first-order chi connectivity index (χ1) is 7.72. The average Bonchev–Trinajstić information content (AvgIpc) is 2.28. The first-order valence-corrected chi connectivity index (χ1v) is 5.21. The number of aromatic nitrogens is 1. The maximum absolute atomic E-state index is 13.6. The quantitative estimate of drug-likeness (QED) is 0.574. The molecule has 4 heteroatoms. The van der Waals surface area contributed by atoms with Crippen LogP contribution in [0.3, 0.4) is 0 Å². The van der Waals surface area contributed by atoms with E-state index >= 15 is 0 Å². The van der Waals surface area contributed by atoms with Gasteiger partial charge in [0.2, 0.25) is 5.95 Å². The van der Waals surface area contributed by atoms with Gasteiger partial charge < -0.3 is 0 Å². The summed E-state index contributed by atoms with van der Waals surface area (Å²) in [6.45, 7) is 0. The van der Waals surface area contributed by atoms with E-state index in [2.05, 4.69) is 4.98 Å². The molecule has 0 amide bonds. The number of alkyl halides is 1. The van der Waals surface area contributed by atoms with Crippen molar-refractivity contribution in [1.29, 1.82) is 0 Å². The molecule has 0 aliphatic heterocycles. The molecule has 0 saturated carbocycles. The zero-order chi connectivity index (χ0) is 11.5. The van der Waals surface area contributed by atoms with Crippen LogP contribution in [0.2, 0.25) is 0 Å². The number of rotatable bonds is 2. The summed E-state index contributed by atoms with van der Waals surface area (Å²) in [6.07, 6.45) is 1.34. The van der Waals surface area contributed by atoms with Crippen LogP contribution in [-0.4, -0.2) is 4.98 Å². The minimum Gasteiger partial charge on any atom is -0.228 e. The Morgan fingerprint density at radius 3 is 2.69 bits per heavy atom. The molecule has 2 aromatic rings. The number of hydrogen-bond donors (Lipinski definition) is 0. The molecule has 0 N–H and O–H groups in total. The summed E-state index contributed by atoms with van der Waals surface area (Å²) in [7, 11) is 0. The topological polar surface area (TPSA) is 12.9 Å². The fraction of sp³-hybridized carbons (Fsp3) is 0.0833. The van der Waals surface area contributed by atoms with Crippen molar-refractivity contribution < 1.29 is 8.78 Å². The van der Waals surface area contributed by atoms with E-state index in [0.29, 0.717) is 11.1 Å². The van der Waals surface area contributed by atoms with Gasteiger partial charge in [0, 0.05) is 17.6 Å². The van der Waals surface area contributed by atoms with Crippen molar-refractivity contribution in [1.82, 2.24) is 4.98 Å². The highest BCUT2D eigenvalue weighted by atomic mass is 35.5. The van der Waals surface area contributed by atoms with Gasteiger partial charge in [-0.2, -0.15) is 4.39 Å². The Morgan fingerprint density at radius 2 is 2.00 bits per heavy atom. The Labute approximate surface area is 96.7 Å². The molecular weight excluding hydrogens is 232 g/mol. The molecule has 0 saturated heterocycles. The molecule has 0 spiro atoms. The van der Waals surface area contributed by atoms with Gasteiger partial charge in [-0.1, -0.05) is 12.1 Å². The maximum atomic E-state index is 13.6. The molecule has 0 unspecified atom stereocenters. The van der Waals surface area contributed by atoms with Crippen LogP contribution < -0.4 is 0 Å². The van der Waals surface area contributed by atoms with Gasteiger partial charge in [0.15, 0.2) is 0 Å². The molecule has 1 aromatic heterocycles. The fourth-order valence-electron chi connectivity index (χ4n) is 1.53. The van der Waals surface area contributed by atoms with Gasteiger partial charge in [-0.15, -0.1) is 11.6 Å². The summed E-state index contributed by atoms with van der Waals surface area (Å²) >= 11 is 5.71. The summed E-state index contributed by atoms with van der Waals surface area (Å²) in [4.78, 5) is 3.55. The molecule has 16 heavy (non-hydrogen) atoms. The van der Waals surface area contributed by atoms with Crippen molar-refractivity contribution in [3.63, 3.8) is 0 Å². The lowest BCUT2D eigenvalue weighted by Gasteiger charge is -2.07. The van der Waals surface area contributed by atoms with Crippen LogP contribution >= 0.6 is 11.6 Å². The van der Waals surface area contributed by atoms with Crippen molar-refractivity contribution in [2.45, 2.75) is 5.88 Å². The first kappa shape index (κ1) is 11.0. The highest BCUT2D eigenvalue weighted by molar-refractivity contribution is 6.17. The molecule has 0 bridgehead atoms. The minimum absolute atomic E-state index is 0.158. The third-order valence-corrected chi connectivity index (χ3v) is 2.54. The fourth-order valence-corrected chi connectivity index (χ4v) is 1.76. The first-order valence-electron chi connectivity index (χ1n) is 4.67. The van der Waals surface area contributed by atoms with Crippen molar-refractivity contribution in [2.24, 2.45) is 0 Å². The summed E-state index contributed by atoms with van der Waals surface area (Å²) in [5, 5.41) is 0. The molecule has 2 rings (SSSR count). The Bertz CT molecular complexity index is 514. The zero-order valence-electron chi connectivity index (χ0n) is 8.25. The molecule has 1 aromatic carbocycles. The predicted octanol–water partition coefficient (Wildman–Crippen LogP) is 3.77. The van der Waals surface area contributed by atoms with Gasteiger partial charge in [-0.3, -0.25) is 0 Å². The smallest absolute Gasteiger partial charge is 0.221 e. The zero-order valence-corrected chi connectivity index (χ0v) is 9.01. The van der Waals surface area contributed by atoms with Crippen LogP contribution in [0.25, 0.3) is 11.1 Å². The average molecular weight is 240 g/mol. The normalized spacial score (nSPS) is 10.4. The second kappa shape index (κ2) is 4.58. The highest BCUT2D eigenvalue weighted by Crippen LogP contribution is 2.27. The molecule has 82 valence electrons. The van der Waals surface area contributed by atoms with Crippen LogP contribution in [0.5, 0.6) is 0 Å². The van der Waals surface area contributed by atoms with E-state index in [1.54, 1.807) is 12.1 Å².